The number of fused-ring (bicyclic) bond motifs is 2. The van der Waals surface area contributed by atoms with Crippen molar-refractivity contribution in [3.8, 4) is 0 Å². The third kappa shape index (κ3) is 0.779. The largest absolute Gasteiger partial charge is 0.0552 e. The summed E-state index contributed by atoms with van der Waals surface area (Å²) in [4.78, 5) is 0. The van der Waals surface area contributed by atoms with E-state index in [1.165, 1.54) is 36.6 Å². The zero-order chi connectivity index (χ0) is 8.13. The van der Waals surface area contributed by atoms with E-state index in [4.69, 9.17) is 0 Å². The van der Waals surface area contributed by atoms with Gasteiger partial charge in [0.25, 0.3) is 0 Å². The van der Waals surface area contributed by atoms with Crippen molar-refractivity contribution in [2.75, 3.05) is 0 Å². The number of halogens is 1. The van der Waals surface area contributed by atoms with Gasteiger partial charge in [-0.15, -0.1) is 0 Å². The molecular formula is C11H11Br. The molecule has 0 radical (unpaired) electrons. The van der Waals surface area contributed by atoms with Crippen LogP contribution in [0.15, 0.2) is 10.5 Å². The van der Waals surface area contributed by atoms with Gasteiger partial charge in [-0.1, -0.05) is 22.0 Å². The highest BCUT2D eigenvalue weighted by molar-refractivity contribution is 9.10. The Bertz CT molecular complexity index is 353. The van der Waals surface area contributed by atoms with Gasteiger partial charge in [-0.25, -0.2) is 0 Å². The Hall–Kier alpha value is -0.300. The van der Waals surface area contributed by atoms with E-state index >= 15 is 0 Å². The van der Waals surface area contributed by atoms with E-state index in [0.29, 0.717) is 0 Å². The molecule has 0 aromatic heterocycles. The van der Waals surface area contributed by atoms with Crippen molar-refractivity contribution in [1.29, 1.82) is 0 Å². The fraction of sp³-hybridized carbons (Fsp3) is 0.455. The minimum absolute atomic E-state index is 1.29. The molecule has 3 rings (SSSR count). The van der Waals surface area contributed by atoms with Crippen LogP contribution in [0.25, 0.3) is 0 Å². The zero-order valence-corrected chi connectivity index (χ0v) is 8.58. The first kappa shape index (κ1) is 7.14. The maximum atomic E-state index is 3.73. The van der Waals surface area contributed by atoms with E-state index in [2.05, 4.69) is 22.0 Å². The molecule has 1 aromatic rings. The molecule has 0 unspecified atom stereocenters. The smallest absolute Gasteiger partial charge is 0.0244 e. The Labute approximate surface area is 81.1 Å². The molecule has 0 N–H and O–H groups in total. The number of rotatable bonds is 0. The predicted molar refractivity (Wildman–Crippen MR) is 53.6 cm³/mol. The van der Waals surface area contributed by atoms with Crippen LogP contribution in [0, 0.1) is 0 Å². The van der Waals surface area contributed by atoms with Crippen molar-refractivity contribution in [2.24, 2.45) is 0 Å². The van der Waals surface area contributed by atoms with E-state index in [-0.39, 0.29) is 0 Å². The van der Waals surface area contributed by atoms with Gasteiger partial charge in [0.15, 0.2) is 0 Å². The highest BCUT2D eigenvalue weighted by Gasteiger charge is 2.23. The zero-order valence-electron chi connectivity index (χ0n) is 6.99. The standard InChI is InChI=1S/C11H11Br/c12-11-9-3-1-2-7(9)6-8-4-5-10(8)11/h6H,1-5H2. The second-order valence-electron chi connectivity index (χ2n) is 3.82. The van der Waals surface area contributed by atoms with Gasteiger partial charge in [0, 0.05) is 4.47 Å². The van der Waals surface area contributed by atoms with Crippen LogP contribution in [0.1, 0.15) is 28.7 Å². The maximum Gasteiger partial charge on any atom is 0.0244 e. The van der Waals surface area contributed by atoms with Crippen molar-refractivity contribution in [1.82, 2.24) is 0 Å². The van der Waals surface area contributed by atoms with Gasteiger partial charge in [0.1, 0.15) is 0 Å². The van der Waals surface area contributed by atoms with E-state index in [9.17, 15) is 0 Å². The van der Waals surface area contributed by atoms with Crippen LogP contribution >= 0.6 is 15.9 Å². The highest BCUT2D eigenvalue weighted by atomic mass is 79.9. The van der Waals surface area contributed by atoms with Crippen molar-refractivity contribution in [2.45, 2.75) is 32.1 Å². The summed E-state index contributed by atoms with van der Waals surface area (Å²) in [5.74, 6) is 0. The summed E-state index contributed by atoms with van der Waals surface area (Å²) in [5, 5.41) is 0. The monoisotopic (exact) mass is 222 g/mol. The third-order valence-electron chi connectivity index (χ3n) is 3.17. The Morgan fingerprint density at radius 2 is 1.67 bits per heavy atom. The molecule has 0 nitrogen and oxygen atoms in total. The van der Waals surface area contributed by atoms with Crippen LogP contribution in [-0.4, -0.2) is 0 Å². The normalized spacial score (nSPS) is 18.4. The molecule has 12 heavy (non-hydrogen) atoms. The first-order chi connectivity index (χ1) is 5.86. The first-order valence-electron chi connectivity index (χ1n) is 4.68. The van der Waals surface area contributed by atoms with Crippen molar-refractivity contribution in [3.05, 3.63) is 32.8 Å². The Morgan fingerprint density at radius 1 is 0.917 bits per heavy atom. The topological polar surface area (TPSA) is 0 Å². The molecule has 0 amide bonds. The summed E-state index contributed by atoms with van der Waals surface area (Å²) in [7, 11) is 0. The summed E-state index contributed by atoms with van der Waals surface area (Å²) in [6.07, 6.45) is 6.56. The van der Waals surface area contributed by atoms with Crippen LogP contribution in [0.4, 0.5) is 0 Å². The molecular weight excluding hydrogens is 212 g/mol. The van der Waals surface area contributed by atoms with Gasteiger partial charge in [-0.2, -0.15) is 0 Å². The molecule has 62 valence electrons. The summed E-state index contributed by atoms with van der Waals surface area (Å²) in [6.45, 7) is 0. The number of benzene rings is 1. The predicted octanol–water partition coefficient (Wildman–Crippen LogP) is 3.04. The summed E-state index contributed by atoms with van der Waals surface area (Å²) >= 11 is 3.73. The van der Waals surface area contributed by atoms with Crippen molar-refractivity contribution < 1.29 is 0 Å². The Morgan fingerprint density at radius 3 is 2.42 bits per heavy atom. The molecule has 1 heteroatoms. The van der Waals surface area contributed by atoms with Crippen LogP contribution < -0.4 is 0 Å². The second-order valence-corrected chi connectivity index (χ2v) is 4.61. The summed E-state index contributed by atoms with van der Waals surface area (Å²) in [6, 6.07) is 2.44. The Kier molecular flexibility index (Phi) is 1.40. The number of hydrogen-bond donors (Lipinski definition) is 0. The SMILES string of the molecule is Brc1c2c(cc3c1CC3)CCC2. The van der Waals surface area contributed by atoms with E-state index < -0.39 is 0 Å². The second kappa shape index (κ2) is 2.35. The van der Waals surface area contributed by atoms with Crippen LogP contribution in [0.5, 0.6) is 0 Å². The lowest BCUT2D eigenvalue weighted by atomic mass is 9.85. The summed E-state index contributed by atoms with van der Waals surface area (Å²) < 4.78 is 1.44. The van der Waals surface area contributed by atoms with Gasteiger partial charge in [0.05, 0.1) is 0 Å². The molecule has 2 aliphatic rings. The molecule has 0 bridgehead atoms. The average Bonchev–Trinajstić information content (AvgIpc) is 2.43. The number of hydrogen-bond acceptors (Lipinski definition) is 0. The fourth-order valence-corrected chi connectivity index (χ4v) is 3.28. The van der Waals surface area contributed by atoms with Crippen molar-refractivity contribution in [3.63, 3.8) is 0 Å². The molecule has 0 saturated heterocycles. The van der Waals surface area contributed by atoms with Gasteiger partial charge < -0.3 is 0 Å². The van der Waals surface area contributed by atoms with E-state index in [1.807, 2.05) is 0 Å². The minimum atomic E-state index is 1.29. The molecule has 1 aromatic carbocycles. The molecule has 0 saturated carbocycles. The first-order valence-corrected chi connectivity index (χ1v) is 5.47. The van der Waals surface area contributed by atoms with Gasteiger partial charge in [-0.05, 0) is 54.4 Å². The molecule has 0 spiro atoms. The van der Waals surface area contributed by atoms with Crippen LogP contribution in [-0.2, 0) is 25.7 Å². The lowest BCUT2D eigenvalue weighted by Crippen LogP contribution is -2.11. The lowest BCUT2D eigenvalue weighted by molar-refractivity contribution is 0.825. The highest BCUT2D eigenvalue weighted by Crippen LogP contribution is 2.38. The molecule has 0 fully saturated rings. The minimum Gasteiger partial charge on any atom is -0.0552 e. The molecule has 2 aliphatic carbocycles. The van der Waals surface area contributed by atoms with E-state index in [1.54, 1.807) is 22.3 Å². The van der Waals surface area contributed by atoms with Gasteiger partial charge in [0.2, 0.25) is 0 Å². The maximum absolute atomic E-state index is 3.73. The summed E-state index contributed by atoms with van der Waals surface area (Å²) in [5.41, 5.74) is 6.41. The Balaban J connectivity index is 2.29. The third-order valence-corrected chi connectivity index (χ3v) is 4.13. The lowest BCUT2D eigenvalue weighted by Gasteiger charge is -2.22. The fourth-order valence-electron chi connectivity index (χ4n) is 2.37. The number of aryl methyl sites for hydroxylation is 2. The van der Waals surface area contributed by atoms with Gasteiger partial charge in [-0.3, -0.25) is 0 Å². The van der Waals surface area contributed by atoms with Crippen LogP contribution in [0.2, 0.25) is 0 Å². The quantitative estimate of drug-likeness (QED) is 0.634. The molecule has 0 aliphatic heterocycles. The van der Waals surface area contributed by atoms with E-state index in [0.717, 1.165) is 0 Å². The van der Waals surface area contributed by atoms with Crippen LogP contribution in [0.3, 0.4) is 0 Å². The average molecular weight is 223 g/mol. The molecule has 0 atom stereocenters. The molecule has 0 heterocycles. The van der Waals surface area contributed by atoms with Crippen molar-refractivity contribution >= 4 is 15.9 Å². The van der Waals surface area contributed by atoms with Gasteiger partial charge >= 0.3 is 0 Å².